The number of hydrogen-bond donors (Lipinski definition) is 2. The molecule has 0 spiro atoms. The van der Waals surface area contributed by atoms with E-state index in [2.05, 4.69) is 11.8 Å². The quantitative estimate of drug-likeness (QED) is 0.787. The van der Waals surface area contributed by atoms with Gasteiger partial charge in [-0.15, -0.1) is 0 Å². The molecule has 0 aromatic heterocycles. The molecule has 3 heteroatoms. The second kappa shape index (κ2) is 5.68. The summed E-state index contributed by atoms with van der Waals surface area (Å²) in [5.41, 5.74) is 5.87. The van der Waals surface area contributed by atoms with Crippen LogP contribution < -0.4 is 5.73 Å². The summed E-state index contributed by atoms with van der Waals surface area (Å²) in [6.07, 6.45) is 8.60. The SMILES string of the molecule is CCCC1CCN(C2CCC(N)(CO)C2)CC1. The summed E-state index contributed by atoms with van der Waals surface area (Å²) in [6, 6.07) is 0.634. The van der Waals surface area contributed by atoms with E-state index < -0.39 is 0 Å². The third-order valence-corrected chi connectivity index (χ3v) is 4.79. The van der Waals surface area contributed by atoms with Gasteiger partial charge in [0, 0.05) is 11.6 Å². The number of nitrogens with zero attached hydrogens (tertiary/aromatic N) is 1. The molecule has 2 unspecified atom stereocenters. The molecule has 0 aromatic carbocycles. The number of rotatable bonds is 4. The van der Waals surface area contributed by atoms with Crippen molar-refractivity contribution in [1.29, 1.82) is 0 Å². The molecule has 1 saturated heterocycles. The van der Waals surface area contributed by atoms with Crippen LogP contribution in [0.4, 0.5) is 0 Å². The van der Waals surface area contributed by atoms with E-state index in [0.29, 0.717) is 6.04 Å². The van der Waals surface area contributed by atoms with Gasteiger partial charge in [-0.05, 0) is 51.1 Å². The molecular weight excluding hydrogens is 212 g/mol. The molecule has 0 aromatic rings. The zero-order valence-corrected chi connectivity index (χ0v) is 11.2. The van der Waals surface area contributed by atoms with Gasteiger partial charge in [-0.2, -0.15) is 0 Å². The molecule has 2 atom stereocenters. The lowest BCUT2D eigenvalue weighted by Crippen LogP contribution is -2.45. The maximum Gasteiger partial charge on any atom is 0.0611 e. The zero-order chi connectivity index (χ0) is 12.3. The van der Waals surface area contributed by atoms with Crippen molar-refractivity contribution in [3.05, 3.63) is 0 Å². The van der Waals surface area contributed by atoms with Crippen LogP contribution in [0, 0.1) is 5.92 Å². The van der Waals surface area contributed by atoms with Crippen molar-refractivity contribution < 1.29 is 5.11 Å². The van der Waals surface area contributed by atoms with Crippen molar-refractivity contribution in [3.8, 4) is 0 Å². The summed E-state index contributed by atoms with van der Waals surface area (Å²) >= 11 is 0. The number of piperidine rings is 1. The standard InChI is InChI=1S/C14H28N2O/c1-2-3-12-5-8-16(9-6-12)13-4-7-14(15,10-13)11-17/h12-13,17H,2-11,15H2,1H3. The molecular formula is C14H28N2O. The molecule has 2 aliphatic rings. The van der Waals surface area contributed by atoms with Crippen molar-refractivity contribution in [1.82, 2.24) is 4.90 Å². The molecule has 1 saturated carbocycles. The summed E-state index contributed by atoms with van der Waals surface area (Å²) in [5, 5.41) is 9.31. The first-order chi connectivity index (χ1) is 8.17. The average molecular weight is 240 g/mol. The van der Waals surface area contributed by atoms with E-state index in [-0.39, 0.29) is 12.1 Å². The maximum atomic E-state index is 9.31. The van der Waals surface area contributed by atoms with Crippen LogP contribution >= 0.6 is 0 Å². The van der Waals surface area contributed by atoms with Gasteiger partial charge in [-0.1, -0.05) is 19.8 Å². The summed E-state index contributed by atoms with van der Waals surface area (Å²) in [7, 11) is 0. The van der Waals surface area contributed by atoms with Crippen molar-refractivity contribution in [2.75, 3.05) is 19.7 Å². The second-order valence-electron chi connectivity index (χ2n) is 6.19. The highest BCUT2D eigenvalue weighted by Crippen LogP contribution is 2.33. The summed E-state index contributed by atoms with van der Waals surface area (Å²) in [6.45, 7) is 4.93. The molecule has 1 aliphatic heterocycles. The van der Waals surface area contributed by atoms with Gasteiger partial charge in [0.25, 0.3) is 0 Å². The highest BCUT2D eigenvalue weighted by Gasteiger charge is 2.38. The number of aliphatic hydroxyl groups excluding tert-OH is 1. The van der Waals surface area contributed by atoms with Crippen LogP contribution in [-0.2, 0) is 0 Å². The Morgan fingerprint density at radius 2 is 2.00 bits per heavy atom. The van der Waals surface area contributed by atoms with Gasteiger partial charge in [-0.25, -0.2) is 0 Å². The van der Waals surface area contributed by atoms with Gasteiger partial charge < -0.3 is 15.7 Å². The van der Waals surface area contributed by atoms with E-state index in [1.165, 1.54) is 45.2 Å². The Bertz CT molecular complexity index is 238. The molecule has 2 rings (SSSR count). The number of likely N-dealkylation sites (tertiary alicyclic amines) is 1. The molecule has 100 valence electrons. The van der Waals surface area contributed by atoms with E-state index in [9.17, 15) is 5.11 Å². The second-order valence-corrected chi connectivity index (χ2v) is 6.19. The number of aliphatic hydroxyl groups is 1. The van der Waals surface area contributed by atoms with E-state index in [4.69, 9.17) is 5.73 Å². The van der Waals surface area contributed by atoms with Gasteiger partial charge in [0.05, 0.1) is 6.61 Å². The Labute approximate surface area is 105 Å². The lowest BCUT2D eigenvalue weighted by Gasteiger charge is -2.36. The summed E-state index contributed by atoms with van der Waals surface area (Å²) in [4.78, 5) is 2.62. The van der Waals surface area contributed by atoms with Crippen LogP contribution in [0.2, 0.25) is 0 Å². The van der Waals surface area contributed by atoms with Gasteiger partial charge in [0.15, 0.2) is 0 Å². The van der Waals surface area contributed by atoms with E-state index >= 15 is 0 Å². The minimum Gasteiger partial charge on any atom is -0.394 e. The molecule has 1 heterocycles. The fourth-order valence-corrected chi connectivity index (χ4v) is 3.60. The first kappa shape index (κ1) is 13.3. The van der Waals surface area contributed by atoms with Crippen LogP contribution in [0.3, 0.4) is 0 Å². The summed E-state index contributed by atoms with van der Waals surface area (Å²) < 4.78 is 0. The van der Waals surface area contributed by atoms with Crippen LogP contribution in [-0.4, -0.2) is 41.3 Å². The number of nitrogens with two attached hydrogens (primary N) is 1. The van der Waals surface area contributed by atoms with Crippen LogP contribution in [0.5, 0.6) is 0 Å². The van der Waals surface area contributed by atoms with Gasteiger partial charge in [-0.3, -0.25) is 0 Å². The minimum absolute atomic E-state index is 0.149. The normalized spacial score (nSPS) is 36.5. The third-order valence-electron chi connectivity index (χ3n) is 4.79. The topological polar surface area (TPSA) is 49.5 Å². The molecule has 1 aliphatic carbocycles. The Hall–Kier alpha value is -0.120. The van der Waals surface area contributed by atoms with Gasteiger partial charge in [0.1, 0.15) is 0 Å². The first-order valence-corrected chi connectivity index (χ1v) is 7.30. The van der Waals surface area contributed by atoms with E-state index in [0.717, 1.165) is 18.8 Å². The van der Waals surface area contributed by atoms with Gasteiger partial charge >= 0.3 is 0 Å². The fourth-order valence-electron chi connectivity index (χ4n) is 3.60. The Balaban J connectivity index is 1.78. The van der Waals surface area contributed by atoms with Crippen LogP contribution in [0.15, 0.2) is 0 Å². The first-order valence-electron chi connectivity index (χ1n) is 7.30. The molecule has 3 nitrogen and oxygen atoms in total. The molecule has 2 fully saturated rings. The fraction of sp³-hybridized carbons (Fsp3) is 1.00. The molecule has 0 bridgehead atoms. The van der Waals surface area contributed by atoms with Crippen molar-refractivity contribution in [2.24, 2.45) is 11.7 Å². The monoisotopic (exact) mass is 240 g/mol. The molecule has 3 N–H and O–H groups in total. The van der Waals surface area contributed by atoms with Crippen molar-refractivity contribution in [2.45, 2.75) is 63.5 Å². The minimum atomic E-state index is -0.287. The summed E-state index contributed by atoms with van der Waals surface area (Å²) in [5.74, 6) is 0.957. The Kier molecular flexibility index (Phi) is 4.45. The zero-order valence-electron chi connectivity index (χ0n) is 11.2. The van der Waals surface area contributed by atoms with Crippen LogP contribution in [0.25, 0.3) is 0 Å². The molecule has 0 amide bonds. The highest BCUT2D eigenvalue weighted by molar-refractivity contribution is 4.97. The maximum absolute atomic E-state index is 9.31. The van der Waals surface area contributed by atoms with E-state index in [1.807, 2.05) is 0 Å². The average Bonchev–Trinajstić information content (AvgIpc) is 2.74. The van der Waals surface area contributed by atoms with Gasteiger partial charge in [0.2, 0.25) is 0 Å². The molecule has 0 radical (unpaired) electrons. The third kappa shape index (κ3) is 3.21. The predicted molar refractivity (Wildman–Crippen MR) is 70.8 cm³/mol. The lowest BCUT2D eigenvalue weighted by atomic mass is 9.91. The van der Waals surface area contributed by atoms with Crippen LogP contribution in [0.1, 0.15) is 51.9 Å². The predicted octanol–water partition coefficient (Wildman–Crippen LogP) is 1.74. The van der Waals surface area contributed by atoms with Crippen molar-refractivity contribution >= 4 is 0 Å². The van der Waals surface area contributed by atoms with E-state index in [1.54, 1.807) is 0 Å². The highest BCUT2D eigenvalue weighted by atomic mass is 16.3. The lowest BCUT2D eigenvalue weighted by molar-refractivity contribution is 0.120. The largest absolute Gasteiger partial charge is 0.394 e. The Morgan fingerprint density at radius 3 is 2.53 bits per heavy atom. The number of hydrogen-bond acceptors (Lipinski definition) is 3. The molecule has 17 heavy (non-hydrogen) atoms. The van der Waals surface area contributed by atoms with Crippen molar-refractivity contribution in [3.63, 3.8) is 0 Å². The Morgan fingerprint density at radius 1 is 1.29 bits per heavy atom. The smallest absolute Gasteiger partial charge is 0.0611 e.